The SMILES string of the molecule is CN(C)C=NS(=O)(=O)N1CCC2(CC1)C[C@H]2c1csc(-c2cccc(OC(F)(F)F)c2)n1. The summed E-state index contributed by atoms with van der Waals surface area (Å²) in [5, 5.41) is 2.57. The highest BCUT2D eigenvalue weighted by molar-refractivity contribution is 7.87. The molecule has 2 heterocycles. The summed E-state index contributed by atoms with van der Waals surface area (Å²) in [5.74, 6) is -0.0441. The van der Waals surface area contributed by atoms with E-state index in [1.807, 2.05) is 5.38 Å². The Hall–Kier alpha value is -2.18. The molecule has 2 aromatic rings. The van der Waals surface area contributed by atoms with Crippen LogP contribution in [0.3, 0.4) is 0 Å². The quantitative estimate of drug-likeness (QED) is 0.452. The Morgan fingerprint density at radius 2 is 2.03 bits per heavy atom. The van der Waals surface area contributed by atoms with Crippen LogP contribution in [-0.2, 0) is 10.2 Å². The first kappa shape index (κ1) is 23.0. The van der Waals surface area contributed by atoms with Crippen molar-refractivity contribution in [2.75, 3.05) is 27.2 Å². The lowest BCUT2D eigenvalue weighted by atomic mass is 9.91. The van der Waals surface area contributed by atoms with Crippen LogP contribution in [-0.4, -0.2) is 62.5 Å². The van der Waals surface area contributed by atoms with Crippen molar-refractivity contribution in [2.45, 2.75) is 31.5 Å². The number of nitrogens with zero attached hydrogens (tertiary/aromatic N) is 4. The molecule has 2 aliphatic rings. The van der Waals surface area contributed by atoms with Crippen LogP contribution >= 0.6 is 11.3 Å². The molecule has 0 amide bonds. The van der Waals surface area contributed by atoms with Crippen LogP contribution in [0.2, 0.25) is 0 Å². The molecule has 12 heteroatoms. The molecular weight excluding hydrogens is 465 g/mol. The minimum atomic E-state index is -4.74. The van der Waals surface area contributed by atoms with Crippen molar-refractivity contribution >= 4 is 27.9 Å². The lowest BCUT2D eigenvalue weighted by molar-refractivity contribution is -0.274. The number of thiazole rings is 1. The van der Waals surface area contributed by atoms with Crippen molar-refractivity contribution in [1.82, 2.24) is 14.2 Å². The summed E-state index contributed by atoms with van der Waals surface area (Å²) < 4.78 is 71.3. The Morgan fingerprint density at radius 3 is 2.69 bits per heavy atom. The van der Waals surface area contributed by atoms with Crippen molar-refractivity contribution in [3.63, 3.8) is 0 Å². The highest BCUT2D eigenvalue weighted by Gasteiger charge is 2.57. The van der Waals surface area contributed by atoms with Crippen LogP contribution in [0.1, 0.15) is 30.9 Å². The van der Waals surface area contributed by atoms with Crippen molar-refractivity contribution in [3.8, 4) is 16.3 Å². The first-order valence-corrected chi connectivity index (χ1v) is 12.3. The third-order valence-electron chi connectivity index (χ3n) is 5.84. The second kappa shape index (κ2) is 8.31. The number of ether oxygens (including phenoxy) is 1. The third-order valence-corrected chi connectivity index (χ3v) is 8.13. The lowest BCUT2D eigenvalue weighted by Crippen LogP contribution is -2.38. The van der Waals surface area contributed by atoms with Gasteiger partial charge in [-0.2, -0.15) is 12.7 Å². The van der Waals surface area contributed by atoms with Gasteiger partial charge in [0.2, 0.25) is 0 Å². The van der Waals surface area contributed by atoms with Crippen LogP contribution in [0.25, 0.3) is 10.6 Å². The number of alkyl halides is 3. The Balaban J connectivity index is 1.41. The van der Waals surface area contributed by atoms with Crippen molar-refractivity contribution < 1.29 is 26.3 Å². The Kier molecular flexibility index (Phi) is 5.97. The minimum Gasteiger partial charge on any atom is -0.406 e. The molecule has 7 nitrogen and oxygen atoms in total. The van der Waals surface area contributed by atoms with E-state index in [0.717, 1.165) is 25.0 Å². The van der Waals surface area contributed by atoms with E-state index in [1.165, 1.54) is 40.2 Å². The van der Waals surface area contributed by atoms with E-state index < -0.39 is 16.6 Å². The van der Waals surface area contributed by atoms with Crippen molar-refractivity contribution in [1.29, 1.82) is 0 Å². The third kappa shape index (κ3) is 5.07. The molecule has 1 aromatic heterocycles. The molecule has 1 spiro atoms. The molecule has 4 rings (SSSR count). The predicted octanol–water partition coefficient (Wildman–Crippen LogP) is 4.11. The second-order valence-corrected chi connectivity index (χ2v) is 10.8. The van der Waals surface area contributed by atoms with Gasteiger partial charge in [-0.05, 0) is 36.8 Å². The van der Waals surface area contributed by atoms with Gasteiger partial charge in [0.05, 0.1) is 5.69 Å². The molecule has 1 aliphatic carbocycles. The van der Waals surface area contributed by atoms with E-state index in [9.17, 15) is 21.6 Å². The summed E-state index contributed by atoms with van der Waals surface area (Å²) >= 11 is 1.38. The maximum absolute atomic E-state index is 12.5. The average molecular weight is 489 g/mol. The van der Waals surface area contributed by atoms with Gasteiger partial charge in [0, 0.05) is 44.0 Å². The normalized spacial score (nSPS) is 21.2. The maximum Gasteiger partial charge on any atom is 0.573 e. The Labute approximate surface area is 188 Å². The van der Waals surface area contributed by atoms with Gasteiger partial charge in [-0.25, -0.2) is 4.98 Å². The Bertz CT molecular complexity index is 1110. The first-order chi connectivity index (χ1) is 15.0. The zero-order valence-corrected chi connectivity index (χ0v) is 19.2. The number of halogens is 3. The fourth-order valence-corrected chi connectivity index (χ4v) is 6.06. The fraction of sp³-hybridized carbons (Fsp3) is 0.500. The highest BCUT2D eigenvalue weighted by atomic mass is 32.2. The monoisotopic (exact) mass is 488 g/mol. The van der Waals surface area contributed by atoms with E-state index in [4.69, 9.17) is 0 Å². The first-order valence-electron chi connectivity index (χ1n) is 10.0. The Morgan fingerprint density at radius 1 is 1.31 bits per heavy atom. The molecule has 2 fully saturated rings. The summed E-state index contributed by atoms with van der Waals surface area (Å²) in [5.41, 5.74) is 1.51. The van der Waals surface area contributed by atoms with E-state index in [-0.39, 0.29) is 17.1 Å². The zero-order valence-electron chi connectivity index (χ0n) is 17.5. The molecular formula is C20H23F3N4O3S2. The summed E-state index contributed by atoms with van der Waals surface area (Å²) in [6.45, 7) is 0.828. The molecule has 0 unspecified atom stereocenters. The number of rotatable bonds is 6. The standard InChI is InChI=1S/C20H23F3N4O3S2/c1-26(2)13-24-32(28,29)27-8-6-19(7-9-27)11-16(19)17-12-31-18(25-17)14-4-3-5-15(10-14)30-20(21,22)23/h3-5,10,12-13,16H,6-9,11H2,1-2H3/t16-/m0/s1. The molecule has 1 aliphatic heterocycles. The zero-order chi connectivity index (χ0) is 23.1. The predicted molar refractivity (Wildman–Crippen MR) is 116 cm³/mol. The van der Waals surface area contributed by atoms with Crippen molar-refractivity contribution in [2.24, 2.45) is 9.81 Å². The van der Waals surface area contributed by atoms with E-state index >= 15 is 0 Å². The van der Waals surface area contributed by atoms with Gasteiger partial charge in [-0.15, -0.1) is 28.9 Å². The number of aromatic nitrogens is 1. The van der Waals surface area contributed by atoms with Gasteiger partial charge in [-0.3, -0.25) is 0 Å². The van der Waals surface area contributed by atoms with Gasteiger partial charge in [0.15, 0.2) is 0 Å². The molecule has 32 heavy (non-hydrogen) atoms. The molecule has 0 N–H and O–H groups in total. The summed E-state index contributed by atoms with van der Waals surface area (Å²) in [6, 6.07) is 5.79. The van der Waals surface area contributed by atoms with Gasteiger partial charge in [-0.1, -0.05) is 12.1 Å². The van der Waals surface area contributed by atoms with Crippen molar-refractivity contribution in [3.05, 3.63) is 35.3 Å². The van der Waals surface area contributed by atoms with Crippen LogP contribution in [0.4, 0.5) is 13.2 Å². The minimum absolute atomic E-state index is 0.0316. The molecule has 1 atom stereocenters. The average Bonchev–Trinajstić information content (AvgIpc) is 3.18. The molecule has 0 bridgehead atoms. The second-order valence-electron chi connectivity index (χ2n) is 8.33. The van der Waals surface area contributed by atoms with E-state index in [0.29, 0.717) is 23.7 Å². The molecule has 1 saturated carbocycles. The van der Waals surface area contributed by atoms with Crippen LogP contribution in [0, 0.1) is 5.41 Å². The van der Waals surface area contributed by atoms with Gasteiger partial charge in [0.1, 0.15) is 17.1 Å². The number of benzene rings is 1. The fourth-order valence-electron chi connectivity index (χ4n) is 4.11. The topological polar surface area (TPSA) is 75.1 Å². The van der Waals surface area contributed by atoms with Gasteiger partial charge >= 0.3 is 16.6 Å². The van der Waals surface area contributed by atoms with Crippen LogP contribution in [0.15, 0.2) is 34.0 Å². The summed E-state index contributed by atoms with van der Waals surface area (Å²) in [4.78, 5) is 6.24. The smallest absolute Gasteiger partial charge is 0.406 e. The number of piperidine rings is 1. The largest absolute Gasteiger partial charge is 0.573 e. The van der Waals surface area contributed by atoms with Crippen LogP contribution < -0.4 is 4.74 Å². The maximum atomic E-state index is 12.5. The van der Waals surface area contributed by atoms with E-state index in [2.05, 4.69) is 14.1 Å². The van der Waals surface area contributed by atoms with Gasteiger partial charge in [0.25, 0.3) is 0 Å². The number of hydrogen-bond donors (Lipinski definition) is 0. The molecule has 174 valence electrons. The van der Waals surface area contributed by atoms with Crippen LogP contribution in [0.5, 0.6) is 5.75 Å². The van der Waals surface area contributed by atoms with Gasteiger partial charge < -0.3 is 9.64 Å². The lowest BCUT2D eigenvalue weighted by Gasteiger charge is -2.30. The highest BCUT2D eigenvalue weighted by Crippen LogP contribution is 2.65. The molecule has 1 saturated heterocycles. The number of hydrogen-bond acceptors (Lipinski definition) is 5. The molecule has 0 radical (unpaired) electrons. The van der Waals surface area contributed by atoms with E-state index in [1.54, 1.807) is 25.1 Å². The summed E-state index contributed by atoms with van der Waals surface area (Å²) in [7, 11) is -0.258. The summed E-state index contributed by atoms with van der Waals surface area (Å²) in [6.07, 6.45) is -1.06. The molecule has 1 aromatic carbocycles.